The molecule has 0 spiro atoms. The minimum atomic E-state index is -0.00741. The van der Waals surface area contributed by atoms with Gasteiger partial charge in [-0.15, -0.1) is 11.3 Å². The van der Waals surface area contributed by atoms with Crippen molar-refractivity contribution in [2.24, 2.45) is 0 Å². The van der Waals surface area contributed by atoms with Gasteiger partial charge in [0, 0.05) is 17.3 Å². The number of nitrogens with zero attached hydrogens (tertiary/aromatic N) is 2. The highest BCUT2D eigenvalue weighted by Crippen LogP contribution is 2.27. The standard InChI is InChI=1S/C18H21N3OS/c1-12-5-6-15-13(9-12)10-14-11-16(23-18(14)20-15)17(22)19-7-4-8-21(2)3/h5-6,9-11H,4,7-8H2,1-3H3,(H,19,22). The second kappa shape index (κ2) is 6.64. The van der Waals surface area contributed by atoms with Gasteiger partial charge in [-0.1, -0.05) is 11.6 Å². The number of carbonyl (C=O) groups is 1. The maximum absolute atomic E-state index is 12.3. The van der Waals surface area contributed by atoms with Crippen LogP contribution in [0.15, 0.2) is 30.3 Å². The number of amides is 1. The van der Waals surface area contributed by atoms with E-state index in [0.717, 1.165) is 39.0 Å². The molecule has 0 fully saturated rings. The first-order valence-electron chi connectivity index (χ1n) is 7.77. The average Bonchev–Trinajstić information content (AvgIpc) is 2.91. The number of pyridine rings is 1. The van der Waals surface area contributed by atoms with Crippen LogP contribution in [-0.2, 0) is 0 Å². The summed E-state index contributed by atoms with van der Waals surface area (Å²) in [6.07, 6.45) is 0.949. The average molecular weight is 327 g/mol. The van der Waals surface area contributed by atoms with Gasteiger partial charge in [0.15, 0.2) is 0 Å². The molecule has 0 saturated carbocycles. The van der Waals surface area contributed by atoms with Crippen molar-refractivity contribution >= 4 is 38.4 Å². The van der Waals surface area contributed by atoms with Crippen LogP contribution in [0.25, 0.3) is 21.1 Å². The maximum Gasteiger partial charge on any atom is 0.261 e. The van der Waals surface area contributed by atoms with Crippen molar-refractivity contribution in [2.45, 2.75) is 13.3 Å². The molecule has 1 amide bonds. The Labute approximate surface area is 140 Å². The number of nitrogens with one attached hydrogen (secondary N) is 1. The van der Waals surface area contributed by atoms with Crippen LogP contribution in [0.1, 0.15) is 21.7 Å². The Kier molecular flexibility index (Phi) is 4.59. The highest BCUT2D eigenvalue weighted by Gasteiger charge is 2.11. The largest absolute Gasteiger partial charge is 0.351 e. The van der Waals surface area contributed by atoms with Gasteiger partial charge >= 0.3 is 0 Å². The lowest BCUT2D eigenvalue weighted by molar-refractivity contribution is 0.0956. The number of aromatic nitrogens is 1. The summed E-state index contributed by atoms with van der Waals surface area (Å²) in [5.74, 6) is -0.00741. The van der Waals surface area contributed by atoms with Crippen LogP contribution in [0, 0.1) is 6.92 Å². The van der Waals surface area contributed by atoms with Crippen LogP contribution >= 0.6 is 11.3 Å². The Balaban J connectivity index is 1.79. The summed E-state index contributed by atoms with van der Waals surface area (Å²) in [4.78, 5) is 20.7. The molecule has 0 radical (unpaired) electrons. The minimum Gasteiger partial charge on any atom is -0.351 e. The molecule has 0 aliphatic heterocycles. The second-order valence-corrected chi connectivity index (χ2v) is 7.13. The maximum atomic E-state index is 12.3. The fourth-order valence-electron chi connectivity index (χ4n) is 2.55. The van der Waals surface area contributed by atoms with Gasteiger partial charge < -0.3 is 10.2 Å². The predicted octanol–water partition coefficient (Wildman–Crippen LogP) is 3.44. The molecule has 23 heavy (non-hydrogen) atoms. The summed E-state index contributed by atoms with van der Waals surface area (Å²) in [6.45, 7) is 3.74. The van der Waals surface area contributed by atoms with Crippen LogP contribution in [0.2, 0.25) is 0 Å². The minimum absolute atomic E-state index is 0.00741. The van der Waals surface area contributed by atoms with E-state index in [9.17, 15) is 4.79 Å². The second-order valence-electron chi connectivity index (χ2n) is 6.10. The van der Waals surface area contributed by atoms with Crippen molar-refractivity contribution in [3.05, 3.63) is 40.8 Å². The molecule has 1 aromatic carbocycles. The smallest absolute Gasteiger partial charge is 0.261 e. The van der Waals surface area contributed by atoms with Crippen molar-refractivity contribution in [2.75, 3.05) is 27.2 Å². The molecule has 0 bridgehead atoms. The SMILES string of the molecule is Cc1ccc2nc3sc(C(=O)NCCCN(C)C)cc3cc2c1. The first kappa shape index (κ1) is 15.9. The third-order valence-corrected chi connectivity index (χ3v) is 4.79. The molecule has 0 saturated heterocycles. The summed E-state index contributed by atoms with van der Waals surface area (Å²) in [5.41, 5.74) is 2.19. The Bertz CT molecular complexity index is 854. The highest BCUT2D eigenvalue weighted by molar-refractivity contribution is 7.20. The summed E-state index contributed by atoms with van der Waals surface area (Å²) in [5, 5.41) is 5.14. The zero-order chi connectivity index (χ0) is 16.4. The monoisotopic (exact) mass is 327 g/mol. The Morgan fingerprint density at radius 2 is 2.04 bits per heavy atom. The van der Waals surface area contributed by atoms with Crippen LogP contribution in [0.5, 0.6) is 0 Å². The Morgan fingerprint density at radius 3 is 2.83 bits per heavy atom. The molecular weight excluding hydrogens is 306 g/mol. The summed E-state index contributed by atoms with van der Waals surface area (Å²) in [7, 11) is 4.07. The van der Waals surface area contributed by atoms with Crippen molar-refractivity contribution in [1.29, 1.82) is 0 Å². The number of carbonyl (C=O) groups excluding carboxylic acids is 1. The first-order chi connectivity index (χ1) is 11.0. The molecule has 2 aromatic heterocycles. The molecular formula is C18H21N3OS. The molecule has 4 nitrogen and oxygen atoms in total. The number of fused-ring (bicyclic) bond motifs is 2. The highest BCUT2D eigenvalue weighted by atomic mass is 32.1. The third-order valence-electron chi connectivity index (χ3n) is 3.75. The van der Waals surface area contributed by atoms with Gasteiger partial charge in [0.25, 0.3) is 5.91 Å². The number of thiophene rings is 1. The fraction of sp³-hybridized carbons (Fsp3) is 0.333. The molecule has 0 aliphatic rings. The van der Waals surface area contributed by atoms with E-state index in [0.29, 0.717) is 6.54 Å². The van der Waals surface area contributed by atoms with Crippen LogP contribution < -0.4 is 5.32 Å². The van der Waals surface area contributed by atoms with Crippen molar-refractivity contribution in [3.63, 3.8) is 0 Å². The summed E-state index contributed by atoms with van der Waals surface area (Å²) < 4.78 is 0. The number of hydrogen-bond donors (Lipinski definition) is 1. The third kappa shape index (κ3) is 3.68. The van der Waals surface area contributed by atoms with Crippen LogP contribution in [0.3, 0.4) is 0 Å². The normalized spacial score (nSPS) is 11.5. The predicted molar refractivity (Wildman–Crippen MR) is 97.4 cm³/mol. The Hall–Kier alpha value is -1.98. The lowest BCUT2D eigenvalue weighted by atomic mass is 10.1. The van der Waals surface area contributed by atoms with Gasteiger partial charge in [0.1, 0.15) is 4.83 Å². The van der Waals surface area contributed by atoms with E-state index >= 15 is 0 Å². The van der Waals surface area contributed by atoms with Gasteiger partial charge in [-0.25, -0.2) is 4.98 Å². The Morgan fingerprint density at radius 1 is 1.22 bits per heavy atom. The molecule has 120 valence electrons. The van der Waals surface area contributed by atoms with E-state index in [1.807, 2.05) is 26.2 Å². The molecule has 3 rings (SSSR count). The van der Waals surface area contributed by atoms with E-state index in [2.05, 4.69) is 40.3 Å². The number of aryl methyl sites for hydroxylation is 1. The molecule has 2 heterocycles. The van der Waals surface area contributed by atoms with Crippen molar-refractivity contribution in [3.8, 4) is 0 Å². The summed E-state index contributed by atoms with van der Waals surface area (Å²) in [6, 6.07) is 10.3. The van der Waals surface area contributed by atoms with Gasteiger partial charge in [-0.3, -0.25) is 4.79 Å². The number of hydrogen-bond acceptors (Lipinski definition) is 4. The van der Waals surface area contributed by atoms with Crippen molar-refractivity contribution < 1.29 is 4.79 Å². The zero-order valence-corrected chi connectivity index (χ0v) is 14.5. The van der Waals surface area contributed by atoms with E-state index < -0.39 is 0 Å². The van der Waals surface area contributed by atoms with E-state index in [1.165, 1.54) is 16.9 Å². The lowest BCUT2D eigenvalue weighted by Gasteiger charge is -2.09. The zero-order valence-electron chi connectivity index (χ0n) is 13.7. The van der Waals surface area contributed by atoms with Gasteiger partial charge in [-0.2, -0.15) is 0 Å². The lowest BCUT2D eigenvalue weighted by Crippen LogP contribution is -2.26. The molecule has 3 aromatic rings. The van der Waals surface area contributed by atoms with Crippen LogP contribution in [-0.4, -0.2) is 43.0 Å². The number of rotatable bonds is 5. The molecule has 5 heteroatoms. The molecule has 1 N–H and O–H groups in total. The summed E-state index contributed by atoms with van der Waals surface area (Å²) >= 11 is 1.46. The van der Waals surface area contributed by atoms with Gasteiger partial charge in [0.05, 0.1) is 10.4 Å². The quantitative estimate of drug-likeness (QED) is 0.730. The van der Waals surface area contributed by atoms with Crippen molar-refractivity contribution in [1.82, 2.24) is 15.2 Å². The fourth-order valence-corrected chi connectivity index (χ4v) is 3.49. The van der Waals surface area contributed by atoms with Gasteiger partial charge in [-0.05, 0) is 58.3 Å². The topological polar surface area (TPSA) is 45.2 Å². The molecule has 0 aliphatic carbocycles. The first-order valence-corrected chi connectivity index (χ1v) is 8.58. The van der Waals surface area contributed by atoms with E-state index in [4.69, 9.17) is 0 Å². The molecule has 0 unspecified atom stereocenters. The van der Waals surface area contributed by atoms with Crippen LogP contribution in [0.4, 0.5) is 0 Å². The van der Waals surface area contributed by atoms with Gasteiger partial charge in [0.2, 0.25) is 0 Å². The van der Waals surface area contributed by atoms with E-state index in [-0.39, 0.29) is 5.91 Å². The number of benzene rings is 1. The van der Waals surface area contributed by atoms with E-state index in [1.54, 1.807) is 0 Å². The molecule has 0 atom stereocenters.